The van der Waals surface area contributed by atoms with Crippen LogP contribution in [-0.2, 0) is 11.2 Å². The van der Waals surface area contributed by atoms with Gasteiger partial charge in [-0.05, 0) is 67.1 Å². The Labute approximate surface area is 172 Å². The summed E-state index contributed by atoms with van der Waals surface area (Å²) in [5, 5.41) is 0. The zero-order chi connectivity index (χ0) is 19.6. The largest absolute Gasteiger partial charge is 0.378 e. The smallest absolute Gasteiger partial charge is 0.0575 e. The van der Waals surface area contributed by atoms with Crippen molar-refractivity contribution in [2.24, 2.45) is 0 Å². The van der Waals surface area contributed by atoms with Crippen LogP contribution in [0.4, 0.5) is 0 Å². The van der Waals surface area contributed by atoms with E-state index >= 15 is 0 Å². The molecular formula is C27H38O. The highest BCUT2D eigenvalue weighted by atomic mass is 16.5. The van der Waals surface area contributed by atoms with E-state index in [0.717, 1.165) is 18.9 Å². The summed E-state index contributed by atoms with van der Waals surface area (Å²) in [7, 11) is 0. The Morgan fingerprint density at radius 2 is 1.57 bits per heavy atom. The lowest BCUT2D eigenvalue weighted by Crippen LogP contribution is -2.21. The average molecular weight is 379 g/mol. The standard InChI is InChI=1S/C27H38O/c1-3-4-5-9-20-28-27-18-16-26(17-19-27)25-14-12-23(13-15-25)21-22(2)24-10-7-6-8-11-24/h6-8,10-15,22,26-27H,3-5,9,16-21H2,1-2H3. The monoisotopic (exact) mass is 378 g/mol. The fraction of sp³-hybridized carbons (Fsp3) is 0.556. The molecule has 0 aromatic heterocycles. The van der Waals surface area contributed by atoms with Gasteiger partial charge in [-0.15, -0.1) is 0 Å². The van der Waals surface area contributed by atoms with E-state index in [4.69, 9.17) is 4.74 Å². The molecule has 0 radical (unpaired) electrons. The summed E-state index contributed by atoms with van der Waals surface area (Å²) in [6, 6.07) is 20.3. The zero-order valence-electron chi connectivity index (χ0n) is 17.9. The van der Waals surface area contributed by atoms with Crippen molar-refractivity contribution in [3.8, 4) is 0 Å². The second kappa shape index (κ2) is 11.4. The first-order chi connectivity index (χ1) is 13.8. The Morgan fingerprint density at radius 1 is 0.857 bits per heavy atom. The Balaban J connectivity index is 1.42. The van der Waals surface area contributed by atoms with Crippen LogP contribution in [0.1, 0.15) is 93.7 Å². The highest BCUT2D eigenvalue weighted by Crippen LogP contribution is 2.34. The summed E-state index contributed by atoms with van der Waals surface area (Å²) in [4.78, 5) is 0. The molecule has 0 saturated heterocycles. The molecule has 1 fully saturated rings. The number of rotatable bonds is 10. The molecule has 0 N–H and O–H groups in total. The molecule has 28 heavy (non-hydrogen) atoms. The van der Waals surface area contributed by atoms with E-state index < -0.39 is 0 Å². The molecule has 2 aromatic rings. The van der Waals surface area contributed by atoms with Crippen molar-refractivity contribution in [2.45, 2.75) is 89.6 Å². The van der Waals surface area contributed by atoms with Crippen LogP contribution in [0.5, 0.6) is 0 Å². The second-order valence-electron chi connectivity index (χ2n) is 8.66. The van der Waals surface area contributed by atoms with Crippen LogP contribution in [0.2, 0.25) is 0 Å². The first-order valence-corrected chi connectivity index (χ1v) is 11.5. The van der Waals surface area contributed by atoms with E-state index in [0.29, 0.717) is 12.0 Å². The van der Waals surface area contributed by atoms with Crippen molar-refractivity contribution in [1.29, 1.82) is 0 Å². The van der Waals surface area contributed by atoms with E-state index in [-0.39, 0.29) is 0 Å². The molecule has 0 bridgehead atoms. The molecule has 0 spiro atoms. The van der Waals surface area contributed by atoms with Gasteiger partial charge in [-0.3, -0.25) is 0 Å². The van der Waals surface area contributed by atoms with E-state index in [2.05, 4.69) is 68.4 Å². The van der Waals surface area contributed by atoms with Crippen molar-refractivity contribution < 1.29 is 4.74 Å². The molecule has 1 aliphatic rings. The molecule has 152 valence electrons. The highest BCUT2D eigenvalue weighted by Gasteiger charge is 2.22. The lowest BCUT2D eigenvalue weighted by molar-refractivity contribution is 0.0226. The minimum Gasteiger partial charge on any atom is -0.378 e. The molecule has 1 atom stereocenters. The first-order valence-electron chi connectivity index (χ1n) is 11.5. The SMILES string of the molecule is CCCCCCOC1CCC(c2ccc(CC(C)c3ccccc3)cc2)CC1. The van der Waals surface area contributed by atoms with Crippen molar-refractivity contribution in [3.05, 3.63) is 71.3 Å². The van der Waals surface area contributed by atoms with E-state index in [1.165, 1.54) is 68.1 Å². The minimum atomic E-state index is 0.504. The molecule has 0 heterocycles. The maximum absolute atomic E-state index is 6.12. The fourth-order valence-electron chi connectivity index (χ4n) is 4.52. The van der Waals surface area contributed by atoms with Gasteiger partial charge in [0.1, 0.15) is 0 Å². The van der Waals surface area contributed by atoms with Crippen LogP contribution in [-0.4, -0.2) is 12.7 Å². The molecule has 3 rings (SSSR count). The maximum atomic E-state index is 6.12. The molecule has 1 nitrogen and oxygen atoms in total. The Bertz CT molecular complexity index is 652. The predicted octanol–water partition coefficient (Wildman–Crippen LogP) is 7.66. The predicted molar refractivity (Wildman–Crippen MR) is 120 cm³/mol. The van der Waals surface area contributed by atoms with Gasteiger partial charge in [0, 0.05) is 6.61 Å². The molecule has 1 heteroatoms. The van der Waals surface area contributed by atoms with Crippen molar-refractivity contribution >= 4 is 0 Å². The van der Waals surface area contributed by atoms with Crippen LogP contribution in [0.15, 0.2) is 54.6 Å². The fourth-order valence-corrected chi connectivity index (χ4v) is 4.52. The van der Waals surface area contributed by atoms with Crippen LogP contribution in [0.25, 0.3) is 0 Å². The lowest BCUT2D eigenvalue weighted by atomic mass is 9.82. The normalized spacial score (nSPS) is 20.8. The summed E-state index contributed by atoms with van der Waals surface area (Å²) in [5.74, 6) is 1.29. The van der Waals surface area contributed by atoms with E-state index in [1.54, 1.807) is 0 Å². The third-order valence-corrected chi connectivity index (χ3v) is 6.39. The highest BCUT2D eigenvalue weighted by molar-refractivity contribution is 5.28. The van der Waals surface area contributed by atoms with Gasteiger partial charge in [0.05, 0.1) is 6.10 Å². The van der Waals surface area contributed by atoms with Gasteiger partial charge in [-0.25, -0.2) is 0 Å². The summed E-state index contributed by atoms with van der Waals surface area (Å²) in [6.07, 6.45) is 11.8. The quantitative estimate of drug-likeness (QED) is 0.386. The number of hydrogen-bond acceptors (Lipinski definition) is 1. The van der Waals surface area contributed by atoms with Gasteiger partial charge in [0.15, 0.2) is 0 Å². The van der Waals surface area contributed by atoms with Crippen LogP contribution in [0.3, 0.4) is 0 Å². The minimum absolute atomic E-state index is 0.504. The zero-order valence-corrected chi connectivity index (χ0v) is 17.9. The van der Waals surface area contributed by atoms with Crippen LogP contribution in [0, 0.1) is 0 Å². The molecule has 1 aliphatic carbocycles. The van der Waals surface area contributed by atoms with Gasteiger partial charge in [-0.1, -0.05) is 87.7 Å². The third-order valence-electron chi connectivity index (χ3n) is 6.39. The molecule has 1 saturated carbocycles. The molecule has 0 amide bonds. The van der Waals surface area contributed by atoms with Gasteiger partial charge < -0.3 is 4.74 Å². The third kappa shape index (κ3) is 6.48. The number of ether oxygens (including phenoxy) is 1. The van der Waals surface area contributed by atoms with Gasteiger partial charge in [-0.2, -0.15) is 0 Å². The second-order valence-corrected chi connectivity index (χ2v) is 8.66. The number of benzene rings is 2. The number of hydrogen-bond donors (Lipinski definition) is 0. The summed E-state index contributed by atoms with van der Waals surface area (Å²) < 4.78 is 6.12. The average Bonchev–Trinajstić information content (AvgIpc) is 2.75. The van der Waals surface area contributed by atoms with Crippen molar-refractivity contribution in [3.63, 3.8) is 0 Å². The van der Waals surface area contributed by atoms with Gasteiger partial charge in [0.25, 0.3) is 0 Å². The topological polar surface area (TPSA) is 9.23 Å². The summed E-state index contributed by atoms with van der Waals surface area (Å²) in [6.45, 7) is 5.55. The molecule has 2 aromatic carbocycles. The lowest BCUT2D eigenvalue weighted by Gasteiger charge is -2.29. The molecule has 1 unspecified atom stereocenters. The molecule has 0 aliphatic heterocycles. The van der Waals surface area contributed by atoms with E-state index in [9.17, 15) is 0 Å². The number of unbranched alkanes of at least 4 members (excludes halogenated alkanes) is 3. The van der Waals surface area contributed by atoms with Crippen LogP contribution >= 0.6 is 0 Å². The Morgan fingerprint density at radius 3 is 2.25 bits per heavy atom. The maximum Gasteiger partial charge on any atom is 0.0575 e. The Hall–Kier alpha value is -1.60. The first kappa shape index (κ1) is 21.1. The summed E-state index contributed by atoms with van der Waals surface area (Å²) in [5.41, 5.74) is 4.40. The van der Waals surface area contributed by atoms with E-state index in [1.807, 2.05) is 0 Å². The van der Waals surface area contributed by atoms with Gasteiger partial charge in [0.2, 0.25) is 0 Å². The molecular weight excluding hydrogens is 340 g/mol. The van der Waals surface area contributed by atoms with Gasteiger partial charge >= 0.3 is 0 Å². The van der Waals surface area contributed by atoms with Crippen LogP contribution < -0.4 is 0 Å². The van der Waals surface area contributed by atoms with Crippen molar-refractivity contribution in [1.82, 2.24) is 0 Å². The Kier molecular flexibility index (Phi) is 8.61. The summed E-state index contributed by atoms with van der Waals surface area (Å²) >= 11 is 0. The van der Waals surface area contributed by atoms with Crippen molar-refractivity contribution in [2.75, 3.05) is 6.61 Å².